The highest BCUT2D eigenvalue weighted by Gasteiger charge is 2.47. The normalized spacial score (nSPS) is 27.1. The van der Waals surface area contributed by atoms with Gasteiger partial charge in [0.05, 0.1) is 6.61 Å². The molecule has 0 bridgehead atoms. The van der Waals surface area contributed by atoms with Gasteiger partial charge in [-0.25, -0.2) is 0 Å². The molecule has 3 N–H and O–H groups in total. The summed E-state index contributed by atoms with van der Waals surface area (Å²) in [6.07, 6.45) is -0.558. The summed E-state index contributed by atoms with van der Waals surface area (Å²) in [7, 11) is -0.677. The lowest BCUT2D eigenvalue weighted by molar-refractivity contribution is -0.0244. The van der Waals surface area contributed by atoms with E-state index in [1.807, 2.05) is 0 Å². The van der Waals surface area contributed by atoms with E-state index in [2.05, 4.69) is 12.0 Å². The number of halogens is 1. The van der Waals surface area contributed by atoms with Crippen molar-refractivity contribution < 1.29 is 19.2 Å². The molecule has 0 saturated heterocycles. The van der Waals surface area contributed by atoms with E-state index in [9.17, 15) is 5.11 Å². The molecule has 2 aliphatic rings. The first-order valence-electron chi connectivity index (χ1n) is 6.18. The van der Waals surface area contributed by atoms with Gasteiger partial charge >= 0.3 is 7.12 Å². The Hall–Kier alpha value is -1.39. The number of nitrogens with two attached hydrogens (primary N) is 1. The van der Waals surface area contributed by atoms with Gasteiger partial charge in [0.1, 0.15) is 24.1 Å². The van der Waals surface area contributed by atoms with Gasteiger partial charge in [0, 0.05) is 22.1 Å². The molecule has 2 heterocycles. The Morgan fingerprint density at radius 3 is 3.10 bits per heavy atom. The fraction of sp³-hybridized carbons (Fsp3) is 0.385. The maximum absolute atomic E-state index is 9.47. The standard InChI is InChI=1S/C13H13BClNO4/c1-13(6-17)7-18-10-3-2-8(15)11-9(4-5-16)19-14(20-13)12(10)11/h2-3,9,17H,6-7,16H2,1H3/t9?,13-/m0/s1. The molecule has 0 saturated carbocycles. The molecule has 2 aliphatic heterocycles. The quantitative estimate of drug-likeness (QED) is 0.439. The highest BCUT2D eigenvalue weighted by molar-refractivity contribution is 6.65. The Morgan fingerprint density at radius 1 is 1.60 bits per heavy atom. The maximum atomic E-state index is 9.47. The van der Waals surface area contributed by atoms with Crippen molar-refractivity contribution in [2.45, 2.75) is 18.6 Å². The van der Waals surface area contributed by atoms with Crippen molar-refractivity contribution in [3.63, 3.8) is 0 Å². The summed E-state index contributed by atoms with van der Waals surface area (Å²) < 4.78 is 17.3. The molecule has 20 heavy (non-hydrogen) atoms. The van der Waals surface area contributed by atoms with Crippen LogP contribution in [0.4, 0.5) is 0 Å². The summed E-state index contributed by atoms with van der Waals surface area (Å²) in [6, 6.07) is 5.83. The van der Waals surface area contributed by atoms with E-state index in [0.29, 0.717) is 16.3 Å². The smallest absolute Gasteiger partial charge is 0.491 e. The van der Waals surface area contributed by atoms with Gasteiger partial charge in [0.15, 0.2) is 0 Å². The van der Waals surface area contributed by atoms with Gasteiger partial charge in [-0.3, -0.25) is 0 Å². The molecule has 0 fully saturated rings. The van der Waals surface area contributed by atoms with Gasteiger partial charge < -0.3 is 24.9 Å². The third-order valence-corrected chi connectivity index (χ3v) is 3.75. The molecule has 2 atom stereocenters. The van der Waals surface area contributed by atoms with Crippen molar-refractivity contribution in [3.8, 4) is 17.7 Å². The average molecular weight is 294 g/mol. The van der Waals surface area contributed by atoms with Crippen LogP contribution in [-0.4, -0.2) is 31.0 Å². The van der Waals surface area contributed by atoms with Gasteiger partial charge in [0.25, 0.3) is 0 Å². The molecule has 0 aromatic heterocycles. The second-order valence-corrected chi connectivity index (χ2v) is 5.43. The number of aliphatic hydroxyl groups excluding tert-OH is 1. The van der Waals surface area contributed by atoms with Crippen LogP contribution in [0, 0.1) is 12.0 Å². The van der Waals surface area contributed by atoms with E-state index in [1.165, 1.54) is 0 Å². The molecule has 1 aromatic carbocycles. The number of hydrogen-bond donors (Lipinski definition) is 2. The molecule has 0 spiro atoms. The van der Waals surface area contributed by atoms with Crippen molar-refractivity contribution in [1.82, 2.24) is 0 Å². The minimum absolute atomic E-state index is 0.183. The highest BCUT2D eigenvalue weighted by atomic mass is 35.5. The second-order valence-electron chi connectivity index (χ2n) is 5.02. The Balaban J connectivity index is 2.12. The molecule has 5 nitrogen and oxygen atoms in total. The van der Waals surface area contributed by atoms with E-state index in [4.69, 9.17) is 31.4 Å². The Bertz CT molecular complexity index is 614. The van der Waals surface area contributed by atoms with Gasteiger partial charge in [-0.1, -0.05) is 11.6 Å². The maximum Gasteiger partial charge on any atom is 0.499 e. The first-order chi connectivity index (χ1) is 9.58. The Kier molecular flexibility index (Phi) is 3.31. The second kappa shape index (κ2) is 4.87. The highest BCUT2D eigenvalue weighted by Crippen LogP contribution is 2.36. The molecule has 104 valence electrons. The monoisotopic (exact) mass is 293 g/mol. The van der Waals surface area contributed by atoms with Crippen LogP contribution in [0.2, 0.25) is 5.02 Å². The average Bonchev–Trinajstić information content (AvgIpc) is 2.71. The van der Waals surface area contributed by atoms with Crippen LogP contribution in [0.25, 0.3) is 0 Å². The fourth-order valence-corrected chi connectivity index (χ4v) is 2.62. The van der Waals surface area contributed by atoms with Gasteiger partial charge in [-0.05, 0) is 25.0 Å². The molecule has 7 heteroatoms. The topological polar surface area (TPSA) is 73.9 Å². The van der Waals surface area contributed by atoms with Crippen molar-refractivity contribution in [1.29, 1.82) is 0 Å². The zero-order chi connectivity index (χ0) is 14.3. The van der Waals surface area contributed by atoms with E-state index < -0.39 is 18.8 Å². The van der Waals surface area contributed by atoms with Crippen LogP contribution >= 0.6 is 11.6 Å². The third-order valence-electron chi connectivity index (χ3n) is 3.42. The van der Waals surface area contributed by atoms with Gasteiger partial charge in [0.2, 0.25) is 0 Å². The summed E-state index contributed by atoms with van der Waals surface area (Å²) in [6.45, 7) is 1.80. The minimum atomic E-state index is -0.849. The molecule has 1 aromatic rings. The van der Waals surface area contributed by atoms with E-state index >= 15 is 0 Å². The molecule has 3 rings (SSSR count). The summed E-state index contributed by atoms with van der Waals surface area (Å²) in [5.74, 6) is 3.38. The molecule has 0 radical (unpaired) electrons. The number of hydrogen-bond acceptors (Lipinski definition) is 5. The predicted molar refractivity (Wildman–Crippen MR) is 74.7 cm³/mol. The zero-order valence-electron chi connectivity index (χ0n) is 10.9. The Labute approximate surface area is 122 Å². The van der Waals surface area contributed by atoms with Crippen LogP contribution < -0.4 is 15.9 Å². The van der Waals surface area contributed by atoms with Crippen LogP contribution in [0.15, 0.2) is 12.1 Å². The summed E-state index contributed by atoms with van der Waals surface area (Å²) in [5.41, 5.74) is 5.86. The van der Waals surface area contributed by atoms with Gasteiger partial charge in [-0.2, -0.15) is 0 Å². The van der Waals surface area contributed by atoms with E-state index in [-0.39, 0.29) is 13.2 Å². The molecule has 1 unspecified atom stereocenters. The lowest BCUT2D eigenvalue weighted by Crippen LogP contribution is -2.45. The van der Waals surface area contributed by atoms with Crippen LogP contribution in [0.3, 0.4) is 0 Å². The van der Waals surface area contributed by atoms with Crippen LogP contribution in [-0.2, 0) is 9.31 Å². The van der Waals surface area contributed by atoms with Gasteiger partial charge in [-0.15, -0.1) is 0 Å². The lowest BCUT2D eigenvalue weighted by Gasteiger charge is -2.27. The van der Waals surface area contributed by atoms with E-state index in [0.717, 1.165) is 5.46 Å². The SMILES string of the molecule is C[C@]1(CO)COc2ccc(Cl)c3c2B(OC3C#CN)O1. The van der Waals surface area contributed by atoms with Crippen LogP contribution in [0.5, 0.6) is 5.75 Å². The molecule has 0 aliphatic carbocycles. The molecule has 0 amide bonds. The minimum Gasteiger partial charge on any atom is -0.491 e. The van der Waals surface area contributed by atoms with Crippen LogP contribution in [0.1, 0.15) is 18.6 Å². The number of benzene rings is 1. The predicted octanol–water partition coefficient (Wildman–Crippen LogP) is 0.186. The molecular formula is C13H13BClNO4. The van der Waals surface area contributed by atoms with Crippen molar-refractivity contribution in [3.05, 3.63) is 22.7 Å². The largest absolute Gasteiger partial charge is 0.499 e. The van der Waals surface area contributed by atoms with Crippen molar-refractivity contribution >= 4 is 24.2 Å². The summed E-state index contributed by atoms with van der Waals surface area (Å²) in [4.78, 5) is 0. The van der Waals surface area contributed by atoms with Crippen molar-refractivity contribution in [2.24, 2.45) is 5.73 Å². The summed E-state index contributed by atoms with van der Waals surface area (Å²) in [5, 5.41) is 10.0. The summed E-state index contributed by atoms with van der Waals surface area (Å²) >= 11 is 6.23. The number of aliphatic hydroxyl groups is 1. The third kappa shape index (κ3) is 2.04. The number of ether oxygens (including phenoxy) is 1. The number of rotatable bonds is 1. The fourth-order valence-electron chi connectivity index (χ4n) is 2.36. The van der Waals surface area contributed by atoms with E-state index in [1.54, 1.807) is 19.1 Å². The first-order valence-corrected chi connectivity index (χ1v) is 6.56. The van der Waals surface area contributed by atoms with Crippen molar-refractivity contribution in [2.75, 3.05) is 13.2 Å². The first kappa shape index (κ1) is 13.6. The molecular weight excluding hydrogens is 280 g/mol. The zero-order valence-corrected chi connectivity index (χ0v) is 11.6. The Morgan fingerprint density at radius 2 is 2.40 bits per heavy atom. The lowest BCUT2D eigenvalue weighted by atomic mass is 9.77.